The van der Waals surface area contributed by atoms with Gasteiger partial charge in [0.05, 0.1) is 47.3 Å². The molecule has 7 atom stereocenters. The topological polar surface area (TPSA) is 125 Å². The second-order valence-corrected chi connectivity index (χ2v) is 13.4. The van der Waals surface area contributed by atoms with Crippen LogP contribution in [0.25, 0.3) is 0 Å². The summed E-state index contributed by atoms with van der Waals surface area (Å²) in [7, 11) is 0. The van der Waals surface area contributed by atoms with Crippen molar-refractivity contribution in [2.45, 2.75) is 63.4 Å². The van der Waals surface area contributed by atoms with E-state index in [2.05, 4.69) is 5.32 Å². The Balaban J connectivity index is 1.49. The number of benzene rings is 2. The number of aryl methyl sites for hydroxylation is 1. The number of aliphatic hydroxyl groups is 1. The van der Waals surface area contributed by atoms with Gasteiger partial charge >= 0.3 is 5.97 Å². The van der Waals surface area contributed by atoms with E-state index in [1.807, 2.05) is 57.2 Å². The van der Waals surface area contributed by atoms with Gasteiger partial charge in [-0.3, -0.25) is 19.2 Å². The van der Waals surface area contributed by atoms with Gasteiger partial charge in [-0.2, -0.15) is 0 Å². The molecule has 0 radical (unpaired) electrons. The van der Waals surface area contributed by atoms with Crippen molar-refractivity contribution in [3.63, 3.8) is 0 Å². The maximum absolute atomic E-state index is 15.1. The highest BCUT2D eigenvalue weighted by molar-refractivity contribution is 6.34. The van der Waals surface area contributed by atoms with Crippen molar-refractivity contribution in [1.82, 2.24) is 10.2 Å². The van der Waals surface area contributed by atoms with Crippen LogP contribution in [0.2, 0.25) is 5.02 Å². The van der Waals surface area contributed by atoms with E-state index in [1.165, 1.54) is 9.80 Å². The molecule has 248 valence electrons. The molecule has 3 amide bonds. The zero-order chi connectivity index (χ0) is 33.5. The van der Waals surface area contributed by atoms with Crippen LogP contribution < -0.4 is 10.2 Å². The third kappa shape index (κ3) is 5.76. The number of amides is 3. The number of hydrogen-bond acceptors (Lipinski definition) is 7. The lowest BCUT2D eigenvalue weighted by Crippen LogP contribution is -2.59. The summed E-state index contributed by atoms with van der Waals surface area (Å²) in [5.74, 6) is -3.97. The van der Waals surface area contributed by atoms with Gasteiger partial charge in [-0.1, -0.05) is 92.2 Å². The number of aliphatic hydroxyl groups excluding tert-OH is 1. The van der Waals surface area contributed by atoms with Gasteiger partial charge in [0.15, 0.2) is 0 Å². The van der Waals surface area contributed by atoms with Crippen molar-refractivity contribution in [1.29, 1.82) is 0 Å². The molecule has 6 rings (SSSR count). The van der Waals surface area contributed by atoms with Crippen LogP contribution in [0.5, 0.6) is 0 Å². The summed E-state index contributed by atoms with van der Waals surface area (Å²) in [5.41, 5.74) is 0.509. The molecule has 2 fully saturated rings. The van der Waals surface area contributed by atoms with Crippen LogP contribution >= 0.6 is 11.6 Å². The predicted octanol–water partition coefficient (Wildman–Crippen LogP) is 3.90. The number of nitrogens with one attached hydrogen (secondary N) is 1. The molecule has 0 aliphatic carbocycles. The van der Waals surface area contributed by atoms with E-state index in [0.717, 1.165) is 11.1 Å². The Morgan fingerprint density at radius 1 is 1.04 bits per heavy atom. The van der Waals surface area contributed by atoms with E-state index in [0.29, 0.717) is 17.1 Å². The summed E-state index contributed by atoms with van der Waals surface area (Å²) in [6, 6.07) is 11.9. The molecule has 2 saturated heterocycles. The molecule has 1 spiro atoms. The molecule has 47 heavy (non-hydrogen) atoms. The number of fused-ring (bicyclic) bond motifs is 2. The van der Waals surface area contributed by atoms with E-state index in [4.69, 9.17) is 21.1 Å². The standard InChI is InChI=1S/C36H40ClN3O7/c1-21(2)26(19-41)40-32-35(45)39(31-22(3)11-10-14-24(31)37)18-9-5-8-15-28(42)46-20-25(23-12-6-4-7-13-23)38-33(43)29-27-16-17-36(32,47-27)30(29)34(40)44/h4-7,9-14,16-17,21,25-27,29-30,32,41H,8,15,18-20H2,1-3H3,(H,38,43)/b9-5-/t25-,26-,27-,29+,30+,32-,36+/m0/s1. The summed E-state index contributed by atoms with van der Waals surface area (Å²) in [6.07, 6.45) is 6.80. The fourth-order valence-electron chi connectivity index (χ4n) is 7.49. The maximum atomic E-state index is 15.1. The molecule has 4 aliphatic heterocycles. The Morgan fingerprint density at radius 2 is 1.81 bits per heavy atom. The number of halogens is 1. The van der Waals surface area contributed by atoms with Gasteiger partial charge in [0.25, 0.3) is 5.91 Å². The Hall–Kier alpha value is -3.99. The number of nitrogens with zero attached hydrogens (tertiary/aromatic N) is 2. The SMILES string of the molecule is Cc1cccc(Cl)c1N1C/C=C\CCC(=O)OC[C@@H](c2ccccc2)NC(=O)[C@@H]2[C@@H]3C=C[C@]4(O3)[C@H](C1=O)N([C@@H](CO)C(C)C)C(=O)[C@@H]24. The first-order valence-electron chi connectivity index (χ1n) is 16.1. The van der Waals surface area contributed by atoms with Gasteiger partial charge in [-0.15, -0.1) is 0 Å². The predicted molar refractivity (Wildman–Crippen MR) is 175 cm³/mol. The highest BCUT2D eigenvalue weighted by Gasteiger charge is 2.74. The van der Waals surface area contributed by atoms with Crippen LogP contribution in [-0.4, -0.2) is 77.2 Å². The summed E-state index contributed by atoms with van der Waals surface area (Å²) in [6.45, 7) is 5.22. The van der Waals surface area contributed by atoms with Crippen LogP contribution in [-0.2, 0) is 28.7 Å². The van der Waals surface area contributed by atoms with Gasteiger partial charge in [0.2, 0.25) is 11.8 Å². The molecule has 10 nitrogen and oxygen atoms in total. The van der Waals surface area contributed by atoms with E-state index in [9.17, 15) is 19.5 Å². The maximum Gasteiger partial charge on any atom is 0.306 e. The molecular weight excluding hydrogens is 622 g/mol. The molecule has 5 bridgehead atoms. The van der Waals surface area contributed by atoms with Gasteiger partial charge < -0.3 is 29.7 Å². The molecular formula is C36H40ClN3O7. The summed E-state index contributed by atoms with van der Waals surface area (Å²) in [5, 5.41) is 14.0. The first kappa shape index (κ1) is 32.9. The minimum atomic E-state index is -1.46. The normalized spacial score (nSPS) is 30.8. The van der Waals surface area contributed by atoms with E-state index < -0.39 is 65.4 Å². The molecule has 4 heterocycles. The van der Waals surface area contributed by atoms with Crippen molar-refractivity contribution in [2.75, 3.05) is 24.7 Å². The molecule has 11 heteroatoms. The Bertz CT molecular complexity index is 1590. The van der Waals surface area contributed by atoms with Crippen LogP contribution in [0.3, 0.4) is 0 Å². The summed E-state index contributed by atoms with van der Waals surface area (Å²) in [4.78, 5) is 59.6. The average Bonchev–Trinajstić information content (AvgIpc) is 3.69. The zero-order valence-electron chi connectivity index (χ0n) is 26.7. The molecule has 2 aromatic carbocycles. The van der Waals surface area contributed by atoms with Crippen LogP contribution in [0.1, 0.15) is 43.9 Å². The second kappa shape index (κ2) is 13.3. The minimum Gasteiger partial charge on any atom is -0.463 e. The van der Waals surface area contributed by atoms with Crippen molar-refractivity contribution >= 4 is 41.0 Å². The third-order valence-electron chi connectivity index (χ3n) is 9.79. The number of likely N-dealkylation sites (tertiary alicyclic amines) is 1. The number of cyclic esters (lactones) is 1. The van der Waals surface area contributed by atoms with Gasteiger partial charge in [0.1, 0.15) is 18.2 Å². The number of rotatable bonds is 5. The van der Waals surface area contributed by atoms with E-state index in [1.54, 1.807) is 36.4 Å². The number of ether oxygens (including phenoxy) is 2. The Kier molecular flexibility index (Phi) is 9.29. The smallest absolute Gasteiger partial charge is 0.306 e. The Morgan fingerprint density at radius 3 is 2.51 bits per heavy atom. The van der Waals surface area contributed by atoms with Crippen LogP contribution in [0, 0.1) is 24.7 Å². The average molecular weight is 662 g/mol. The fraction of sp³-hybridized carbons (Fsp3) is 0.444. The van der Waals surface area contributed by atoms with Crippen molar-refractivity contribution < 1.29 is 33.8 Å². The number of carbonyl (C=O) groups excluding carboxylic acids is 4. The number of carbonyl (C=O) groups is 4. The highest BCUT2D eigenvalue weighted by Crippen LogP contribution is 2.56. The van der Waals surface area contributed by atoms with Crippen molar-refractivity contribution in [3.05, 3.63) is 89.0 Å². The lowest BCUT2D eigenvalue weighted by Gasteiger charge is -2.40. The zero-order valence-corrected chi connectivity index (χ0v) is 27.4. The first-order valence-corrected chi connectivity index (χ1v) is 16.5. The Labute approximate surface area is 279 Å². The van der Waals surface area contributed by atoms with Crippen LogP contribution in [0.4, 0.5) is 5.69 Å². The highest BCUT2D eigenvalue weighted by atomic mass is 35.5. The molecule has 0 aromatic heterocycles. The van der Waals surface area contributed by atoms with Crippen molar-refractivity contribution in [2.24, 2.45) is 17.8 Å². The number of esters is 1. The number of para-hydroxylation sites is 1. The molecule has 0 unspecified atom stereocenters. The monoisotopic (exact) mass is 661 g/mol. The van der Waals surface area contributed by atoms with Gasteiger partial charge in [-0.25, -0.2) is 0 Å². The van der Waals surface area contributed by atoms with Gasteiger partial charge in [-0.05, 0) is 36.5 Å². The lowest BCUT2D eigenvalue weighted by molar-refractivity contribution is -0.147. The minimum absolute atomic E-state index is 0.0936. The third-order valence-corrected chi connectivity index (χ3v) is 10.1. The largest absolute Gasteiger partial charge is 0.463 e. The molecule has 2 aromatic rings. The summed E-state index contributed by atoms with van der Waals surface area (Å²) >= 11 is 6.73. The molecule has 2 N–H and O–H groups in total. The molecule has 0 saturated carbocycles. The lowest BCUT2D eigenvalue weighted by atomic mass is 9.74. The first-order chi connectivity index (χ1) is 22.6. The quantitative estimate of drug-likeness (QED) is 0.368. The van der Waals surface area contributed by atoms with Crippen LogP contribution in [0.15, 0.2) is 72.8 Å². The number of anilines is 1. The molecule has 4 aliphatic rings. The number of hydrogen-bond donors (Lipinski definition) is 2. The van der Waals surface area contributed by atoms with E-state index >= 15 is 4.79 Å². The number of allylic oxidation sites excluding steroid dienone is 1. The fourth-order valence-corrected chi connectivity index (χ4v) is 7.81. The van der Waals surface area contributed by atoms with Gasteiger partial charge in [0, 0.05) is 13.0 Å². The summed E-state index contributed by atoms with van der Waals surface area (Å²) < 4.78 is 12.2. The van der Waals surface area contributed by atoms with E-state index in [-0.39, 0.29) is 32.1 Å². The second-order valence-electron chi connectivity index (χ2n) is 13.0. The van der Waals surface area contributed by atoms with Crippen molar-refractivity contribution in [3.8, 4) is 0 Å².